The van der Waals surface area contributed by atoms with Crippen LogP contribution in [0, 0.1) is 5.92 Å². The summed E-state index contributed by atoms with van der Waals surface area (Å²) in [6, 6.07) is 9.12. The van der Waals surface area contributed by atoms with Crippen LogP contribution in [-0.2, 0) is 0 Å². The summed E-state index contributed by atoms with van der Waals surface area (Å²) in [5, 5.41) is 16.4. The van der Waals surface area contributed by atoms with E-state index in [1.54, 1.807) is 12.1 Å². The van der Waals surface area contributed by atoms with Crippen LogP contribution in [0.25, 0.3) is 11.3 Å². The predicted molar refractivity (Wildman–Crippen MR) is 85.1 cm³/mol. The van der Waals surface area contributed by atoms with Crippen LogP contribution in [0.1, 0.15) is 17.3 Å². The van der Waals surface area contributed by atoms with Gasteiger partial charge in [0.2, 0.25) is 0 Å². The molecule has 118 valence electrons. The van der Waals surface area contributed by atoms with Gasteiger partial charge in [-0.05, 0) is 20.0 Å². The molecule has 0 aliphatic heterocycles. The van der Waals surface area contributed by atoms with Crippen molar-refractivity contribution in [2.45, 2.75) is 6.92 Å². The van der Waals surface area contributed by atoms with Crippen LogP contribution in [0.4, 0.5) is 5.82 Å². The fourth-order valence-corrected chi connectivity index (χ4v) is 2.35. The average Bonchev–Trinajstić information content (AvgIpc) is 2.89. The fraction of sp³-hybridized carbons (Fsp3) is 0.375. The number of hydrogen-bond donors (Lipinski definition) is 2. The van der Waals surface area contributed by atoms with Gasteiger partial charge in [0, 0.05) is 18.7 Å². The van der Waals surface area contributed by atoms with Gasteiger partial charge in [0.05, 0.1) is 0 Å². The van der Waals surface area contributed by atoms with Gasteiger partial charge in [-0.2, -0.15) is 0 Å². The molecule has 0 fully saturated rings. The molecule has 6 nitrogen and oxygen atoms in total. The highest BCUT2D eigenvalue weighted by Gasteiger charge is 2.23. The monoisotopic (exact) mass is 303 g/mol. The van der Waals surface area contributed by atoms with Crippen LogP contribution in [0.2, 0.25) is 0 Å². The van der Waals surface area contributed by atoms with Crippen molar-refractivity contribution in [3.8, 4) is 11.3 Å². The van der Waals surface area contributed by atoms with Gasteiger partial charge in [-0.15, -0.1) is 0 Å². The summed E-state index contributed by atoms with van der Waals surface area (Å²) in [5.41, 5.74) is 0.769. The van der Waals surface area contributed by atoms with Crippen molar-refractivity contribution in [3.05, 3.63) is 35.9 Å². The molecule has 1 aromatic heterocycles. The number of carbonyl (C=O) groups is 1. The zero-order valence-corrected chi connectivity index (χ0v) is 13.0. The summed E-state index contributed by atoms with van der Waals surface area (Å²) < 4.78 is 5.25. The van der Waals surface area contributed by atoms with Crippen molar-refractivity contribution in [1.82, 2.24) is 10.1 Å². The van der Waals surface area contributed by atoms with Crippen LogP contribution >= 0.6 is 0 Å². The molecule has 0 saturated carbocycles. The van der Waals surface area contributed by atoms with Crippen LogP contribution in [0.3, 0.4) is 0 Å². The Labute approximate surface area is 129 Å². The minimum Gasteiger partial charge on any atom is -0.477 e. The second kappa shape index (κ2) is 7.09. The number of carboxylic acids is 1. The Balaban J connectivity index is 2.19. The molecule has 2 N–H and O–H groups in total. The van der Waals surface area contributed by atoms with E-state index in [2.05, 4.69) is 22.3 Å². The van der Waals surface area contributed by atoms with Crippen LogP contribution in [0.5, 0.6) is 0 Å². The Bertz CT molecular complexity index is 623. The summed E-state index contributed by atoms with van der Waals surface area (Å²) in [6.07, 6.45) is 0. The Kier molecular flexibility index (Phi) is 5.16. The van der Waals surface area contributed by atoms with Gasteiger partial charge in [0.15, 0.2) is 17.1 Å². The summed E-state index contributed by atoms with van der Waals surface area (Å²) in [4.78, 5) is 13.6. The summed E-state index contributed by atoms with van der Waals surface area (Å²) >= 11 is 0. The lowest BCUT2D eigenvalue weighted by atomic mass is 10.1. The molecular formula is C16H21N3O3. The minimum atomic E-state index is -1.05. The molecule has 1 atom stereocenters. The smallest absolute Gasteiger partial charge is 0.343 e. The Morgan fingerprint density at radius 1 is 1.36 bits per heavy atom. The standard InChI is InChI=1S/C16H21N3O3/c1-11(10-19(2)3)9-17-15-13(16(20)21)14(22-18-15)12-7-5-4-6-8-12/h4-8,11H,9-10H2,1-3H3,(H,17,18)(H,20,21). The van der Waals surface area contributed by atoms with Gasteiger partial charge in [0.1, 0.15) is 0 Å². The normalized spacial score (nSPS) is 12.4. The maximum absolute atomic E-state index is 11.6. The quantitative estimate of drug-likeness (QED) is 0.818. The van der Waals surface area contributed by atoms with E-state index in [0.29, 0.717) is 18.0 Å². The van der Waals surface area contributed by atoms with E-state index in [1.807, 2.05) is 32.3 Å². The van der Waals surface area contributed by atoms with Gasteiger partial charge in [-0.1, -0.05) is 42.4 Å². The molecule has 1 unspecified atom stereocenters. The van der Waals surface area contributed by atoms with E-state index in [0.717, 1.165) is 6.54 Å². The number of nitrogens with one attached hydrogen (secondary N) is 1. The second-order valence-corrected chi connectivity index (χ2v) is 5.65. The average molecular weight is 303 g/mol. The van der Waals surface area contributed by atoms with Gasteiger partial charge in [-0.25, -0.2) is 4.79 Å². The topological polar surface area (TPSA) is 78.6 Å². The molecular weight excluding hydrogens is 282 g/mol. The third-order valence-electron chi connectivity index (χ3n) is 3.24. The minimum absolute atomic E-state index is 0.0725. The number of carboxylic acid groups (broad SMARTS) is 1. The number of nitrogens with zero attached hydrogens (tertiary/aromatic N) is 2. The first kappa shape index (κ1) is 16.0. The third-order valence-corrected chi connectivity index (χ3v) is 3.24. The van der Waals surface area contributed by atoms with E-state index in [1.165, 1.54) is 0 Å². The van der Waals surface area contributed by atoms with E-state index in [-0.39, 0.29) is 17.1 Å². The summed E-state index contributed by atoms with van der Waals surface area (Å²) in [5.74, 6) is -0.149. The molecule has 0 saturated heterocycles. The van der Waals surface area contributed by atoms with E-state index in [9.17, 15) is 9.90 Å². The first-order chi connectivity index (χ1) is 10.5. The first-order valence-electron chi connectivity index (χ1n) is 7.16. The first-order valence-corrected chi connectivity index (χ1v) is 7.16. The number of rotatable bonds is 7. The second-order valence-electron chi connectivity index (χ2n) is 5.65. The highest BCUT2D eigenvalue weighted by Crippen LogP contribution is 2.29. The van der Waals surface area contributed by atoms with E-state index < -0.39 is 5.97 Å². The van der Waals surface area contributed by atoms with Crippen molar-refractivity contribution >= 4 is 11.8 Å². The molecule has 0 bridgehead atoms. The molecule has 0 spiro atoms. The van der Waals surface area contributed by atoms with Crippen molar-refractivity contribution in [1.29, 1.82) is 0 Å². The van der Waals surface area contributed by atoms with E-state index in [4.69, 9.17) is 4.52 Å². The Hall–Kier alpha value is -2.34. The molecule has 0 radical (unpaired) electrons. The largest absolute Gasteiger partial charge is 0.477 e. The molecule has 2 rings (SSSR count). The SMILES string of the molecule is CC(CNc1noc(-c2ccccc2)c1C(=O)O)CN(C)C. The van der Waals surface area contributed by atoms with Crippen molar-refractivity contribution in [2.75, 3.05) is 32.5 Å². The lowest BCUT2D eigenvalue weighted by Gasteiger charge is -2.17. The van der Waals surface area contributed by atoms with Gasteiger partial charge in [-0.3, -0.25) is 0 Å². The lowest BCUT2D eigenvalue weighted by Crippen LogP contribution is -2.25. The summed E-state index contributed by atoms with van der Waals surface area (Å²) in [6.45, 7) is 3.61. The van der Waals surface area contributed by atoms with Crippen LogP contribution < -0.4 is 5.32 Å². The van der Waals surface area contributed by atoms with Gasteiger partial charge >= 0.3 is 5.97 Å². The molecule has 0 aliphatic carbocycles. The van der Waals surface area contributed by atoms with Gasteiger partial charge < -0.3 is 19.8 Å². The molecule has 1 heterocycles. The van der Waals surface area contributed by atoms with Crippen molar-refractivity contribution in [3.63, 3.8) is 0 Å². The fourth-order valence-electron chi connectivity index (χ4n) is 2.35. The lowest BCUT2D eigenvalue weighted by molar-refractivity contribution is 0.0698. The maximum atomic E-state index is 11.6. The molecule has 6 heteroatoms. The molecule has 2 aromatic rings. The zero-order valence-electron chi connectivity index (χ0n) is 13.0. The molecule has 0 amide bonds. The van der Waals surface area contributed by atoms with Crippen molar-refractivity contribution < 1.29 is 14.4 Å². The van der Waals surface area contributed by atoms with Crippen LogP contribution in [-0.4, -0.2) is 48.3 Å². The maximum Gasteiger partial charge on any atom is 0.343 e. The molecule has 22 heavy (non-hydrogen) atoms. The Morgan fingerprint density at radius 2 is 2.05 bits per heavy atom. The number of aromatic carboxylic acids is 1. The highest BCUT2D eigenvalue weighted by molar-refractivity contribution is 5.99. The van der Waals surface area contributed by atoms with E-state index >= 15 is 0 Å². The summed E-state index contributed by atoms with van der Waals surface area (Å²) in [7, 11) is 4.01. The molecule has 0 aliphatic rings. The highest BCUT2D eigenvalue weighted by atomic mass is 16.5. The third kappa shape index (κ3) is 3.85. The predicted octanol–water partition coefficient (Wildman–Crippen LogP) is 2.65. The number of hydrogen-bond acceptors (Lipinski definition) is 5. The van der Waals surface area contributed by atoms with Crippen molar-refractivity contribution in [2.24, 2.45) is 5.92 Å². The number of benzene rings is 1. The number of anilines is 1. The Morgan fingerprint density at radius 3 is 2.64 bits per heavy atom. The zero-order chi connectivity index (χ0) is 16.1. The molecule has 1 aromatic carbocycles. The van der Waals surface area contributed by atoms with Gasteiger partial charge in [0.25, 0.3) is 0 Å². The number of aromatic nitrogens is 1. The van der Waals surface area contributed by atoms with Crippen LogP contribution in [0.15, 0.2) is 34.9 Å².